The highest BCUT2D eigenvalue weighted by Crippen LogP contribution is 2.40. The molecule has 2 aliphatic rings. The van der Waals surface area contributed by atoms with Crippen LogP contribution in [0.1, 0.15) is 5.56 Å². The van der Waals surface area contributed by atoms with Gasteiger partial charge >= 0.3 is 0 Å². The highest BCUT2D eigenvalue weighted by molar-refractivity contribution is 8.27. The molecule has 0 atom stereocenters. The molecule has 24 heavy (non-hydrogen) atoms. The van der Waals surface area contributed by atoms with Crippen molar-refractivity contribution in [3.8, 4) is 11.5 Å². The van der Waals surface area contributed by atoms with Crippen molar-refractivity contribution >= 4 is 46.0 Å². The number of nitrogens with zero attached hydrogens (tertiary/aromatic N) is 1. The second kappa shape index (κ2) is 5.92. The van der Waals surface area contributed by atoms with Gasteiger partial charge in [0.2, 0.25) is 6.79 Å². The van der Waals surface area contributed by atoms with Gasteiger partial charge in [-0.15, -0.1) is 0 Å². The minimum absolute atomic E-state index is 0.157. The molecule has 120 valence electrons. The molecule has 0 N–H and O–H groups in total. The van der Waals surface area contributed by atoms with Crippen molar-refractivity contribution in [2.45, 2.75) is 0 Å². The number of hydrogen-bond acceptors (Lipinski definition) is 5. The van der Waals surface area contributed by atoms with Gasteiger partial charge < -0.3 is 9.47 Å². The van der Waals surface area contributed by atoms with Gasteiger partial charge in [0.1, 0.15) is 5.82 Å². The molecule has 2 heterocycles. The van der Waals surface area contributed by atoms with Crippen LogP contribution in [0.4, 0.5) is 10.1 Å². The molecule has 2 aromatic rings. The number of hydrogen-bond donors (Lipinski definition) is 0. The second-order valence-corrected chi connectivity index (χ2v) is 6.75. The van der Waals surface area contributed by atoms with Gasteiger partial charge in [-0.25, -0.2) is 4.39 Å². The minimum Gasteiger partial charge on any atom is -0.454 e. The number of thiocarbonyl (C=S) groups is 1. The number of benzene rings is 2. The average molecular weight is 359 g/mol. The Labute approximate surface area is 146 Å². The molecule has 4 nitrogen and oxygen atoms in total. The van der Waals surface area contributed by atoms with Crippen molar-refractivity contribution in [2.24, 2.45) is 0 Å². The Kier molecular flexibility index (Phi) is 3.74. The van der Waals surface area contributed by atoms with Gasteiger partial charge in [0.15, 0.2) is 15.8 Å². The van der Waals surface area contributed by atoms with E-state index in [1.165, 1.54) is 17.0 Å². The summed E-state index contributed by atoms with van der Waals surface area (Å²) in [7, 11) is 0. The summed E-state index contributed by atoms with van der Waals surface area (Å²) in [6.45, 7) is 0.157. The summed E-state index contributed by atoms with van der Waals surface area (Å²) >= 11 is 6.46. The van der Waals surface area contributed by atoms with E-state index in [9.17, 15) is 9.18 Å². The van der Waals surface area contributed by atoms with Crippen LogP contribution in [0.25, 0.3) is 6.08 Å². The highest BCUT2D eigenvalue weighted by atomic mass is 32.2. The summed E-state index contributed by atoms with van der Waals surface area (Å²) in [5, 5.41) is 0. The Bertz CT molecular complexity index is 897. The average Bonchev–Trinajstić information content (AvgIpc) is 3.14. The molecule has 0 spiro atoms. The maximum absolute atomic E-state index is 13.8. The molecule has 2 aromatic carbocycles. The third-order valence-electron chi connectivity index (χ3n) is 3.60. The maximum atomic E-state index is 13.8. The lowest BCUT2D eigenvalue weighted by molar-refractivity contribution is -0.113. The number of amides is 1. The Hall–Kier alpha value is -2.38. The predicted molar refractivity (Wildman–Crippen MR) is 94.6 cm³/mol. The predicted octanol–water partition coefficient (Wildman–Crippen LogP) is 3.96. The summed E-state index contributed by atoms with van der Waals surface area (Å²) in [6.07, 6.45) is 1.52. The Morgan fingerprint density at radius 3 is 2.79 bits per heavy atom. The van der Waals surface area contributed by atoms with E-state index in [-0.39, 0.29) is 18.5 Å². The molecule has 0 saturated carbocycles. The fourth-order valence-electron chi connectivity index (χ4n) is 2.45. The third kappa shape index (κ3) is 2.55. The maximum Gasteiger partial charge on any atom is 0.270 e. The van der Waals surface area contributed by atoms with Crippen LogP contribution in [0.2, 0.25) is 0 Å². The standard InChI is InChI=1S/C17H10FNO3S2/c18-12-4-2-1-3-10(12)7-15-16(20)19(17(23)24-15)11-5-6-13-14(8-11)22-9-21-13/h1-8H,9H2/b15-7+. The van der Waals surface area contributed by atoms with Gasteiger partial charge in [-0.1, -0.05) is 42.2 Å². The van der Waals surface area contributed by atoms with Crippen LogP contribution in [-0.4, -0.2) is 17.0 Å². The monoisotopic (exact) mass is 359 g/mol. The fraction of sp³-hybridized carbons (Fsp3) is 0.0588. The highest BCUT2D eigenvalue weighted by Gasteiger charge is 2.34. The minimum atomic E-state index is -0.383. The van der Waals surface area contributed by atoms with E-state index in [0.29, 0.717) is 32.0 Å². The number of carbonyl (C=O) groups is 1. The number of halogens is 1. The topological polar surface area (TPSA) is 38.8 Å². The number of fused-ring (bicyclic) bond motifs is 1. The first-order chi connectivity index (χ1) is 11.6. The SMILES string of the molecule is O=C1/C(=C\c2ccccc2F)SC(=S)N1c1ccc2c(c1)OCO2. The molecule has 0 aromatic heterocycles. The van der Waals surface area contributed by atoms with Crippen LogP contribution >= 0.6 is 24.0 Å². The Morgan fingerprint density at radius 2 is 1.96 bits per heavy atom. The summed E-state index contributed by atoms with van der Waals surface area (Å²) in [5.41, 5.74) is 0.947. The van der Waals surface area contributed by atoms with Gasteiger partial charge in [-0.2, -0.15) is 0 Å². The van der Waals surface area contributed by atoms with Crippen molar-refractivity contribution in [2.75, 3.05) is 11.7 Å². The van der Waals surface area contributed by atoms with Crippen LogP contribution in [-0.2, 0) is 4.79 Å². The smallest absolute Gasteiger partial charge is 0.270 e. The van der Waals surface area contributed by atoms with Gasteiger partial charge in [-0.3, -0.25) is 9.69 Å². The van der Waals surface area contributed by atoms with Crippen LogP contribution in [0.3, 0.4) is 0 Å². The van der Waals surface area contributed by atoms with Crippen LogP contribution in [0, 0.1) is 5.82 Å². The molecule has 0 radical (unpaired) electrons. The molecule has 7 heteroatoms. The molecular weight excluding hydrogens is 349 g/mol. The molecule has 0 aliphatic carbocycles. The summed E-state index contributed by atoms with van der Waals surface area (Å²) in [6, 6.07) is 11.5. The summed E-state index contributed by atoms with van der Waals surface area (Å²) in [5.74, 6) is 0.531. The number of rotatable bonds is 2. The van der Waals surface area contributed by atoms with E-state index in [1.807, 2.05) is 0 Å². The summed E-state index contributed by atoms with van der Waals surface area (Å²) in [4.78, 5) is 14.5. The quantitative estimate of drug-likeness (QED) is 0.599. The number of thioether (sulfide) groups is 1. The lowest BCUT2D eigenvalue weighted by Crippen LogP contribution is -2.27. The first-order valence-corrected chi connectivity index (χ1v) is 8.28. The van der Waals surface area contributed by atoms with Crippen LogP contribution in [0.5, 0.6) is 11.5 Å². The molecule has 0 unspecified atom stereocenters. The van der Waals surface area contributed by atoms with E-state index in [1.54, 1.807) is 36.4 Å². The largest absolute Gasteiger partial charge is 0.454 e. The van der Waals surface area contributed by atoms with Gasteiger partial charge in [0.25, 0.3) is 5.91 Å². The third-order valence-corrected chi connectivity index (χ3v) is 4.90. The number of ether oxygens (including phenoxy) is 2. The zero-order chi connectivity index (χ0) is 16.7. The molecule has 1 saturated heterocycles. The normalized spacial score (nSPS) is 17.9. The second-order valence-electron chi connectivity index (χ2n) is 5.08. The zero-order valence-corrected chi connectivity index (χ0v) is 13.8. The van der Waals surface area contributed by atoms with Crippen molar-refractivity contribution < 1.29 is 18.7 Å². The molecule has 1 fully saturated rings. The number of anilines is 1. The molecule has 4 rings (SSSR count). The Morgan fingerprint density at radius 1 is 1.17 bits per heavy atom. The van der Waals surface area contributed by atoms with E-state index < -0.39 is 0 Å². The fourth-order valence-corrected chi connectivity index (χ4v) is 3.74. The van der Waals surface area contributed by atoms with Crippen molar-refractivity contribution in [3.63, 3.8) is 0 Å². The van der Waals surface area contributed by atoms with Crippen LogP contribution < -0.4 is 14.4 Å². The van der Waals surface area contributed by atoms with Gasteiger partial charge in [-0.05, 0) is 24.3 Å². The summed E-state index contributed by atoms with van der Waals surface area (Å²) < 4.78 is 24.8. The van der Waals surface area contributed by atoms with E-state index in [0.717, 1.165) is 11.8 Å². The molecular formula is C17H10FNO3S2. The zero-order valence-electron chi connectivity index (χ0n) is 12.2. The molecule has 1 amide bonds. The van der Waals surface area contributed by atoms with Crippen molar-refractivity contribution in [1.29, 1.82) is 0 Å². The lowest BCUT2D eigenvalue weighted by atomic mass is 10.2. The first-order valence-electron chi connectivity index (χ1n) is 7.05. The number of carbonyl (C=O) groups excluding carboxylic acids is 1. The van der Waals surface area contributed by atoms with Gasteiger partial charge in [0, 0.05) is 11.6 Å². The Balaban J connectivity index is 1.68. The van der Waals surface area contributed by atoms with E-state index in [2.05, 4.69) is 0 Å². The van der Waals surface area contributed by atoms with Crippen molar-refractivity contribution in [1.82, 2.24) is 0 Å². The van der Waals surface area contributed by atoms with E-state index in [4.69, 9.17) is 21.7 Å². The van der Waals surface area contributed by atoms with Gasteiger partial charge in [0.05, 0.1) is 10.6 Å². The van der Waals surface area contributed by atoms with Crippen LogP contribution in [0.15, 0.2) is 47.4 Å². The van der Waals surface area contributed by atoms with E-state index >= 15 is 0 Å². The molecule has 2 aliphatic heterocycles. The molecule has 0 bridgehead atoms. The lowest BCUT2D eigenvalue weighted by Gasteiger charge is -2.14. The van der Waals surface area contributed by atoms with Crippen molar-refractivity contribution in [3.05, 3.63) is 58.8 Å². The first kappa shape index (κ1) is 15.2.